The summed E-state index contributed by atoms with van der Waals surface area (Å²) in [5.74, 6) is 0.232. The van der Waals surface area contributed by atoms with E-state index in [-0.39, 0.29) is 5.91 Å². The van der Waals surface area contributed by atoms with Gasteiger partial charge in [0.2, 0.25) is 5.91 Å². The Hall–Kier alpha value is -1.35. The molecule has 0 aromatic heterocycles. The normalized spacial score (nSPS) is 10.5. The molecule has 3 heteroatoms. The van der Waals surface area contributed by atoms with Gasteiger partial charge in [0, 0.05) is 20.0 Å². The summed E-state index contributed by atoms with van der Waals surface area (Å²) in [6.45, 7) is 3.54. The molecule has 0 saturated carbocycles. The molecule has 0 bridgehead atoms. The fourth-order valence-electron chi connectivity index (χ4n) is 2.10. The highest BCUT2D eigenvalue weighted by atomic mass is 16.2. The van der Waals surface area contributed by atoms with Crippen molar-refractivity contribution in [2.75, 3.05) is 13.6 Å². The van der Waals surface area contributed by atoms with Gasteiger partial charge in [0.15, 0.2) is 0 Å². The van der Waals surface area contributed by atoms with Gasteiger partial charge in [0.05, 0.1) is 0 Å². The van der Waals surface area contributed by atoms with Crippen LogP contribution in [-0.4, -0.2) is 24.4 Å². The number of nitrogens with zero attached hydrogens (tertiary/aromatic N) is 1. The molecule has 0 aliphatic carbocycles. The summed E-state index contributed by atoms with van der Waals surface area (Å²) in [5, 5.41) is 0. The van der Waals surface area contributed by atoms with E-state index in [0.717, 1.165) is 32.2 Å². The largest absolute Gasteiger partial charge is 0.341 e. The third kappa shape index (κ3) is 5.88. The lowest BCUT2D eigenvalue weighted by molar-refractivity contribution is -0.130. The zero-order chi connectivity index (χ0) is 14.1. The van der Waals surface area contributed by atoms with E-state index < -0.39 is 0 Å². The summed E-state index contributed by atoms with van der Waals surface area (Å²) < 4.78 is 0. The number of rotatable bonds is 8. The van der Waals surface area contributed by atoms with Gasteiger partial charge in [0.25, 0.3) is 0 Å². The second-order valence-electron chi connectivity index (χ2n) is 5.13. The number of carbonyl (C=O) groups is 1. The van der Waals surface area contributed by atoms with Gasteiger partial charge < -0.3 is 10.6 Å². The zero-order valence-electron chi connectivity index (χ0n) is 12.2. The average Bonchev–Trinajstić information content (AvgIpc) is 2.41. The second kappa shape index (κ2) is 8.70. The molecule has 106 valence electrons. The third-order valence-corrected chi connectivity index (χ3v) is 3.44. The van der Waals surface area contributed by atoms with Crippen LogP contribution in [0.1, 0.15) is 43.2 Å². The maximum atomic E-state index is 12.0. The van der Waals surface area contributed by atoms with Gasteiger partial charge in [-0.1, -0.05) is 37.1 Å². The number of amides is 1. The van der Waals surface area contributed by atoms with Crippen molar-refractivity contribution in [3.05, 3.63) is 35.4 Å². The first-order valence-corrected chi connectivity index (χ1v) is 7.13. The Balaban J connectivity index is 2.31. The first-order valence-electron chi connectivity index (χ1n) is 7.13. The van der Waals surface area contributed by atoms with Gasteiger partial charge in [-0.25, -0.2) is 0 Å². The Morgan fingerprint density at radius 2 is 1.84 bits per heavy atom. The van der Waals surface area contributed by atoms with E-state index in [1.807, 2.05) is 24.1 Å². The van der Waals surface area contributed by atoms with E-state index in [1.54, 1.807) is 0 Å². The zero-order valence-corrected chi connectivity index (χ0v) is 12.2. The van der Waals surface area contributed by atoms with Gasteiger partial charge in [-0.2, -0.15) is 0 Å². The number of carbonyl (C=O) groups excluding carboxylic acids is 1. The Labute approximate surface area is 116 Å². The van der Waals surface area contributed by atoms with Crippen molar-refractivity contribution >= 4 is 5.91 Å². The third-order valence-electron chi connectivity index (χ3n) is 3.44. The number of unbranched alkanes of at least 4 members (excludes halogenated alkanes) is 3. The Kier molecular flexibility index (Phi) is 7.19. The standard InChI is InChI=1S/C16H26N2O/c1-14-9-6-7-10-15(14)13-18(2)16(19)11-5-3-4-8-12-17/h6-7,9-10H,3-5,8,11-13,17H2,1-2H3. The molecule has 1 rings (SSSR count). The van der Waals surface area contributed by atoms with Gasteiger partial charge in [-0.3, -0.25) is 4.79 Å². The molecule has 0 spiro atoms. The fourth-order valence-corrected chi connectivity index (χ4v) is 2.10. The summed E-state index contributed by atoms with van der Waals surface area (Å²) >= 11 is 0. The monoisotopic (exact) mass is 262 g/mol. The number of hydrogen-bond acceptors (Lipinski definition) is 2. The van der Waals surface area contributed by atoms with Crippen LogP contribution in [0.3, 0.4) is 0 Å². The predicted molar refractivity (Wildman–Crippen MR) is 79.8 cm³/mol. The van der Waals surface area contributed by atoms with Crippen LogP contribution in [0.4, 0.5) is 0 Å². The smallest absolute Gasteiger partial charge is 0.222 e. The van der Waals surface area contributed by atoms with Gasteiger partial charge in [-0.15, -0.1) is 0 Å². The maximum absolute atomic E-state index is 12.0. The van der Waals surface area contributed by atoms with E-state index >= 15 is 0 Å². The van der Waals surface area contributed by atoms with Crippen LogP contribution < -0.4 is 5.73 Å². The summed E-state index contributed by atoms with van der Waals surface area (Å²) in [5.41, 5.74) is 7.91. The first kappa shape index (κ1) is 15.7. The van der Waals surface area contributed by atoms with Crippen LogP contribution in [0.2, 0.25) is 0 Å². The van der Waals surface area contributed by atoms with Crippen LogP contribution >= 0.6 is 0 Å². The molecule has 19 heavy (non-hydrogen) atoms. The SMILES string of the molecule is Cc1ccccc1CN(C)C(=O)CCCCCCN. The molecule has 1 amide bonds. The quantitative estimate of drug-likeness (QED) is 0.732. The molecule has 0 saturated heterocycles. The molecule has 2 N–H and O–H groups in total. The van der Waals surface area contributed by atoms with Crippen molar-refractivity contribution in [2.45, 2.75) is 45.6 Å². The highest BCUT2D eigenvalue weighted by Gasteiger charge is 2.09. The highest BCUT2D eigenvalue weighted by Crippen LogP contribution is 2.11. The summed E-state index contributed by atoms with van der Waals surface area (Å²) in [7, 11) is 1.88. The van der Waals surface area contributed by atoms with Crippen LogP contribution in [0.25, 0.3) is 0 Å². The molecule has 0 atom stereocenters. The van der Waals surface area contributed by atoms with E-state index in [1.165, 1.54) is 11.1 Å². The van der Waals surface area contributed by atoms with E-state index in [0.29, 0.717) is 13.0 Å². The summed E-state index contributed by atoms with van der Waals surface area (Å²) in [4.78, 5) is 13.8. The Morgan fingerprint density at radius 3 is 2.53 bits per heavy atom. The van der Waals surface area contributed by atoms with Crippen molar-refractivity contribution in [1.82, 2.24) is 4.90 Å². The molecule has 0 unspecified atom stereocenters. The van der Waals surface area contributed by atoms with Crippen LogP contribution in [0.15, 0.2) is 24.3 Å². The predicted octanol–water partition coefficient (Wildman–Crippen LogP) is 2.86. The number of aryl methyl sites for hydroxylation is 1. The second-order valence-corrected chi connectivity index (χ2v) is 5.13. The molecule has 0 fully saturated rings. The Morgan fingerprint density at radius 1 is 1.16 bits per heavy atom. The maximum Gasteiger partial charge on any atom is 0.222 e. The molecule has 0 aliphatic rings. The molecule has 3 nitrogen and oxygen atoms in total. The molecule has 1 aromatic carbocycles. The lowest BCUT2D eigenvalue weighted by Gasteiger charge is -2.18. The molecular formula is C16H26N2O. The molecular weight excluding hydrogens is 236 g/mol. The fraction of sp³-hybridized carbons (Fsp3) is 0.562. The van der Waals surface area contributed by atoms with Crippen LogP contribution in [-0.2, 0) is 11.3 Å². The van der Waals surface area contributed by atoms with Crippen molar-refractivity contribution < 1.29 is 4.79 Å². The molecule has 0 radical (unpaired) electrons. The summed E-state index contributed by atoms with van der Waals surface area (Å²) in [6, 6.07) is 8.21. The van der Waals surface area contributed by atoms with Crippen LogP contribution in [0.5, 0.6) is 0 Å². The minimum atomic E-state index is 0.232. The van der Waals surface area contributed by atoms with Crippen LogP contribution in [0, 0.1) is 6.92 Å². The van der Waals surface area contributed by atoms with Crippen molar-refractivity contribution in [3.8, 4) is 0 Å². The summed E-state index contributed by atoms with van der Waals surface area (Å²) in [6.07, 6.45) is 4.91. The van der Waals surface area contributed by atoms with E-state index in [4.69, 9.17) is 5.73 Å². The van der Waals surface area contributed by atoms with Gasteiger partial charge in [0.1, 0.15) is 0 Å². The first-order chi connectivity index (χ1) is 9.15. The molecule has 1 aromatic rings. The molecule has 0 heterocycles. The number of hydrogen-bond donors (Lipinski definition) is 1. The number of benzene rings is 1. The van der Waals surface area contributed by atoms with Gasteiger partial charge >= 0.3 is 0 Å². The molecule has 0 aliphatic heterocycles. The van der Waals surface area contributed by atoms with Crippen molar-refractivity contribution in [1.29, 1.82) is 0 Å². The number of nitrogens with two attached hydrogens (primary N) is 1. The average molecular weight is 262 g/mol. The lowest BCUT2D eigenvalue weighted by Crippen LogP contribution is -2.26. The minimum Gasteiger partial charge on any atom is -0.341 e. The minimum absolute atomic E-state index is 0.232. The van der Waals surface area contributed by atoms with Crippen molar-refractivity contribution in [3.63, 3.8) is 0 Å². The topological polar surface area (TPSA) is 46.3 Å². The van der Waals surface area contributed by atoms with Crippen molar-refractivity contribution in [2.24, 2.45) is 5.73 Å². The highest BCUT2D eigenvalue weighted by molar-refractivity contribution is 5.75. The van der Waals surface area contributed by atoms with Gasteiger partial charge in [-0.05, 0) is 37.4 Å². The lowest BCUT2D eigenvalue weighted by atomic mass is 10.1. The van der Waals surface area contributed by atoms with E-state index in [9.17, 15) is 4.79 Å². The Bertz CT molecular complexity index is 390. The van der Waals surface area contributed by atoms with E-state index in [2.05, 4.69) is 19.1 Å².